The molecule has 1 aromatic heterocycles. The summed E-state index contributed by atoms with van der Waals surface area (Å²) in [5.41, 5.74) is -0.210. The Kier molecular flexibility index (Phi) is 5.94. The molecule has 1 aromatic carbocycles. The molecule has 0 bridgehead atoms. The molecule has 0 aliphatic carbocycles. The van der Waals surface area contributed by atoms with Crippen molar-refractivity contribution in [3.8, 4) is 0 Å². The van der Waals surface area contributed by atoms with Crippen LogP contribution >= 0.6 is 0 Å². The quantitative estimate of drug-likeness (QED) is 0.756. The summed E-state index contributed by atoms with van der Waals surface area (Å²) in [6.45, 7) is 4.19. The molecule has 0 radical (unpaired) electrons. The summed E-state index contributed by atoms with van der Waals surface area (Å²) in [6.07, 6.45) is -2.93. The van der Waals surface area contributed by atoms with Crippen molar-refractivity contribution in [2.75, 3.05) is 12.4 Å². The van der Waals surface area contributed by atoms with Gasteiger partial charge in [-0.05, 0) is 32.4 Å². The summed E-state index contributed by atoms with van der Waals surface area (Å²) in [5.74, 6) is -0.843. The van der Waals surface area contributed by atoms with E-state index in [9.17, 15) is 26.4 Å². The van der Waals surface area contributed by atoms with Crippen LogP contribution in [0.1, 0.15) is 36.2 Å². The maximum atomic E-state index is 13.2. The van der Waals surface area contributed by atoms with Crippen molar-refractivity contribution in [1.29, 1.82) is 0 Å². The number of benzene rings is 1. The average molecular weight is 445 g/mol. The molecule has 1 aliphatic heterocycles. The second kappa shape index (κ2) is 8.00. The summed E-state index contributed by atoms with van der Waals surface area (Å²) < 4.78 is 69.8. The average Bonchev–Trinajstić information content (AvgIpc) is 3.04. The van der Waals surface area contributed by atoms with E-state index in [0.717, 1.165) is 16.4 Å². The number of anilines is 1. The molecule has 2 heterocycles. The molecule has 2 aromatic rings. The molecule has 0 unspecified atom stereocenters. The fraction of sp³-hybridized carbons (Fsp3) is 0.444. The Balaban J connectivity index is 1.90. The third-order valence-electron chi connectivity index (χ3n) is 5.04. The number of amides is 1. The molecule has 164 valence electrons. The van der Waals surface area contributed by atoms with Gasteiger partial charge in [0.25, 0.3) is 10.2 Å². The van der Waals surface area contributed by atoms with Gasteiger partial charge >= 0.3 is 6.18 Å². The van der Waals surface area contributed by atoms with Crippen LogP contribution in [0.5, 0.6) is 0 Å². The van der Waals surface area contributed by atoms with Gasteiger partial charge in [0.2, 0.25) is 5.91 Å². The number of nitrogens with zero attached hydrogens (tertiary/aromatic N) is 3. The van der Waals surface area contributed by atoms with Gasteiger partial charge in [-0.2, -0.15) is 35.7 Å². The highest BCUT2D eigenvalue weighted by Gasteiger charge is 2.42. The van der Waals surface area contributed by atoms with E-state index in [4.69, 9.17) is 0 Å². The number of aromatic nitrogens is 2. The van der Waals surface area contributed by atoms with Crippen LogP contribution in [-0.4, -0.2) is 41.5 Å². The van der Waals surface area contributed by atoms with Gasteiger partial charge < -0.3 is 5.32 Å². The molecule has 1 fully saturated rings. The van der Waals surface area contributed by atoms with Gasteiger partial charge in [0.1, 0.15) is 6.04 Å². The van der Waals surface area contributed by atoms with E-state index in [2.05, 4.69) is 15.1 Å². The number of rotatable bonds is 4. The number of carbonyl (C=O) groups is 1. The Bertz CT molecular complexity index is 1050. The van der Waals surface area contributed by atoms with Crippen molar-refractivity contribution in [3.05, 3.63) is 47.3 Å². The number of halogens is 3. The molecule has 12 heteroatoms. The first-order valence-electron chi connectivity index (χ1n) is 9.20. The number of aryl methyl sites for hydroxylation is 2. The van der Waals surface area contributed by atoms with Crippen LogP contribution < -0.4 is 10.0 Å². The molecular formula is C18H22F3N5O3S. The van der Waals surface area contributed by atoms with Crippen molar-refractivity contribution in [3.63, 3.8) is 0 Å². The molecule has 2 atom stereocenters. The minimum Gasteiger partial charge on any atom is -0.324 e. The van der Waals surface area contributed by atoms with Crippen molar-refractivity contribution >= 4 is 21.8 Å². The molecule has 30 heavy (non-hydrogen) atoms. The van der Waals surface area contributed by atoms with E-state index < -0.39 is 45.6 Å². The monoisotopic (exact) mass is 445 g/mol. The van der Waals surface area contributed by atoms with Crippen LogP contribution in [0.2, 0.25) is 0 Å². The van der Waals surface area contributed by atoms with Crippen molar-refractivity contribution in [2.24, 2.45) is 0 Å². The van der Waals surface area contributed by atoms with Gasteiger partial charge in [-0.25, -0.2) is 0 Å². The lowest BCUT2D eigenvalue weighted by Gasteiger charge is -2.36. The highest BCUT2D eigenvalue weighted by molar-refractivity contribution is 7.87. The second-order valence-electron chi connectivity index (χ2n) is 7.00. The summed E-state index contributed by atoms with van der Waals surface area (Å²) in [7, 11) is -2.83. The first kappa shape index (κ1) is 22.2. The normalized spacial score (nSPS) is 22.1. The number of nitrogens with one attached hydrogen (secondary N) is 2. The molecule has 0 saturated carbocycles. The second-order valence-corrected chi connectivity index (χ2v) is 8.76. The lowest BCUT2D eigenvalue weighted by Crippen LogP contribution is -2.56. The van der Waals surface area contributed by atoms with Crippen LogP contribution in [0.25, 0.3) is 0 Å². The maximum Gasteiger partial charge on any atom is 0.418 e. The Morgan fingerprint density at radius 1 is 1.33 bits per heavy atom. The zero-order valence-electron chi connectivity index (χ0n) is 16.6. The number of hydrogen-bond donors (Lipinski definition) is 2. The Labute approximate surface area is 172 Å². The van der Waals surface area contributed by atoms with Gasteiger partial charge in [-0.3, -0.25) is 9.48 Å². The largest absolute Gasteiger partial charge is 0.418 e. The molecule has 1 amide bonds. The van der Waals surface area contributed by atoms with Crippen molar-refractivity contribution in [2.45, 2.75) is 45.1 Å². The molecule has 8 nitrogen and oxygen atoms in total. The fourth-order valence-corrected chi connectivity index (χ4v) is 4.67. The lowest BCUT2D eigenvalue weighted by molar-refractivity contribution is -0.137. The van der Waals surface area contributed by atoms with E-state index >= 15 is 0 Å². The summed E-state index contributed by atoms with van der Waals surface area (Å²) in [5, 5.41) is 6.53. The van der Waals surface area contributed by atoms with Crippen LogP contribution in [0.4, 0.5) is 18.9 Å². The summed E-state index contributed by atoms with van der Waals surface area (Å²) in [4.78, 5) is 12.8. The van der Waals surface area contributed by atoms with Gasteiger partial charge in [0, 0.05) is 25.4 Å². The van der Waals surface area contributed by atoms with Gasteiger partial charge in [-0.15, -0.1) is 0 Å². The smallest absolute Gasteiger partial charge is 0.324 e. The van der Waals surface area contributed by atoms with E-state index in [1.165, 1.54) is 19.2 Å². The van der Waals surface area contributed by atoms with Gasteiger partial charge in [0.15, 0.2) is 0 Å². The van der Waals surface area contributed by atoms with Crippen LogP contribution in [0, 0.1) is 6.92 Å². The molecule has 1 aliphatic rings. The zero-order chi connectivity index (χ0) is 22.3. The summed E-state index contributed by atoms with van der Waals surface area (Å²) in [6, 6.07) is 2.61. The number of alkyl halides is 3. The van der Waals surface area contributed by atoms with E-state index in [-0.39, 0.29) is 6.42 Å². The minimum atomic E-state index is -4.66. The number of likely N-dealkylation sites (N-methyl/N-ethyl adjacent to an activating group) is 1. The third-order valence-corrected chi connectivity index (χ3v) is 6.64. The first-order chi connectivity index (χ1) is 13.9. The summed E-state index contributed by atoms with van der Waals surface area (Å²) >= 11 is 0. The highest BCUT2D eigenvalue weighted by atomic mass is 32.2. The number of hydrogen-bond acceptors (Lipinski definition) is 4. The SMILES string of the molecule is CCn1cc([C@@H]2C[C@H](C(=O)Nc3ccccc3C(F)(F)F)N(C)S(=O)(=O)N2)c(C)n1. The molecule has 1 saturated heterocycles. The molecule has 3 rings (SSSR count). The Morgan fingerprint density at radius 2 is 2.00 bits per heavy atom. The molecule has 0 spiro atoms. The van der Waals surface area contributed by atoms with E-state index in [1.807, 2.05) is 6.92 Å². The van der Waals surface area contributed by atoms with Crippen molar-refractivity contribution in [1.82, 2.24) is 18.8 Å². The van der Waals surface area contributed by atoms with E-state index in [1.54, 1.807) is 17.8 Å². The first-order valence-corrected chi connectivity index (χ1v) is 10.6. The lowest BCUT2D eigenvalue weighted by atomic mass is 10.00. The standard InChI is InChI=1S/C18H22F3N5O3S/c1-4-26-10-12(11(2)23-26)15-9-16(25(3)30(28,29)24-15)17(27)22-14-8-6-5-7-13(14)18(19,20)21/h5-8,10,15-16,24H,4,9H2,1-3H3,(H,22,27)/t15-,16+/m0/s1. The fourth-order valence-electron chi connectivity index (χ4n) is 3.41. The zero-order valence-corrected chi connectivity index (χ0v) is 17.4. The van der Waals surface area contributed by atoms with Crippen LogP contribution in [-0.2, 0) is 27.7 Å². The van der Waals surface area contributed by atoms with Crippen LogP contribution in [0.15, 0.2) is 30.5 Å². The number of para-hydroxylation sites is 1. The number of carbonyl (C=O) groups excluding carboxylic acids is 1. The predicted molar refractivity (Wildman–Crippen MR) is 104 cm³/mol. The predicted octanol–water partition coefficient (Wildman–Crippen LogP) is 2.45. The molecule has 2 N–H and O–H groups in total. The van der Waals surface area contributed by atoms with Gasteiger partial charge in [-0.1, -0.05) is 12.1 Å². The van der Waals surface area contributed by atoms with Gasteiger partial charge in [0.05, 0.1) is 23.0 Å². The van der Waals surface area contributed by atoms with E-state index in [0.29, 0.717) is 17.8 Å². The maximum absolute atomic E-state index is 13.2. The topological polar surface area (TPSA) is 96.3 Å². The molecular weight excluding hydrogens is 423 g/mol. The Morgan fingerprint density at radius 3 is 2.60 bits per heavy atom. The van der Waals surface area contributed by atoms with Crippen molar-refractivity contribution < 1.29 is 26.4 Å². The Hall–Kier alpha value is -2.44. The highest BCUT2D eigenvalue weighted by Crippen LogP contribution is 2.35. The van der Waals surface area contributed by atoms with Crippen LogP contribution in [0.3, 0.4) is 0 Å². The minimum absolute atomic E-state index is 0.0337. The third kappa shape index (κ3) is 4.35.